The van der Waals surface area contributed by atoms with Gasteiger partial charge in [0.05, 0.1) is 12.3 Å². The second-order valence-corrected chi connectivity index (χ2v) is 5.40. The van der Waals surface area contributed by atoms with Gasteiger partial charge in [-0.1, -0.05) is 42.1 Å². The number of carbonyl (C=O) groups excluding carboxylic acids is 1. The Morgan fingerprint density at radius 1 is 1.10 bits per heavy atom. The zero-order valence-corrected chi connectivity index (χ0v) is 12.7. The summed E-state index contributed by atoms with van der Waals surface area (Å²) in [5, 5.41) is 5.60. The highest BCUT2D eigenvalue weighted by molar-refractivity contribution is 7.99. The molecular weight excluding hydrogens is 284 g/mol. The number of para-hydroxylation sites is 1. The van der Waals surface area contributed by atoms with Crippen LogP contribution < -0.4 is 10.6 Å². The minimum Gasteiger partial charge on any atom is -0.383 e. The molecule has 0 saturated carbocycles. The number of urea groups is 1. The lowest BCUT2D eigenvalue weighted by atomic mass is 10.3. The number of benzene rings is 2. The molecule has 0 radical (unpaired) electrons. The van der Waals surface area contributed by atoms with Gasteiger partial charge in [-0.25, -0.2) is 4.79 Å². The number of hydrogen-bond donors (Lipinski definition) is 2. The summed E-state index contributed by atoms with van der Waals surface area (Å²) in [6.45, 7) is 0.976. The van der Waals surface area contributed by atoms with Gasteiger partial charge in [-0.15, -0.1) is 0 Å². The summed E-state index contributed by atoms with van der Waals surface area (Å²) in [6.07, 6.45) is 0. The molecule has 0 fully saturated rings. The van der Waals surface area contributed by atoms with Crippen LogP contribution in [-0.2, 0) is 4.74 Å². The molecule has 0 aromatic heterocycles. The van der Waals surface area contributed by atoms with Crippen molar-refractivity contribution in [2.24, 2.45) is 0 Å². The first-order valence-corrected chi connectivity index (χ1v) is 7.47. The predicted octanol–water partition coefficient (Wildman–Crippen LogP) is 3.61. The van der Waals surface area contributed by atoms with E-state index < -0.39 is 0 Å². The van der Waals surface area contributed by atoms with Crippen molar-refractivity contribution in [3.8, 4) is 0 Å². The summed E-state index contributed by atoms with van der Waals surface area (Å²) >= 11 is 1.62. The fourth-order valence-corrected chi connectivity index (χ4v) is 2.63. The highest BCUT2D eigenvalue weighted by Gasteiger charge is 2.07. The summed E-state index contributed by atoms with van der Waals surface area (Å²) in [5.74, 6) is 0. The van der Waals surface area contributed by atoms with Crippen LogP contribution in [0.2, 0.25) is 0 Å². The van der Waals surface area contributed by atoms with E-state index in [1.54, 1.807) is 18.9 Å². The summed E-state index contributed by atoms with van der Waals surface area (Å²) < 4.78 is 4.90. The molecule has 4 nitrogen and oxygen atoms in total. The lowest BCUT2D eigenvalue weighted by Gasteiger charge is -2.11. The van der Waals surface area contributed by atoms with Gasteiger partial charge in [0, 0.05) is 23.4 Å². The van der Waals surface area contributed by atoms with Crippen LogP contribution in [-0.4, -0.2) is 26.3 Å². The molecule has 0 bridgehead atoms. The van der Waals surface area contributed by atoms with Crippen molar-refractivity contribution < 1.29 is 9.53 Å². The molecule has 110 valence electrons. The number of methoxy groups -OCH3 is 1. The van der Waals surface area contributed by atoms with Crippen molar-refractivity contribution in [1.82, 2.24) is 5.32 Å². The molecule has 2 aromatic carbocycles. The Labute approximate surface area is 128 Å². The zero-order valence-electron chi connectivity index (χ0n) is 11.8. The SMILES string of the molecule is COCCNC(=O)Nc1ccccc1Sc1ccccc1. The normalized spacial score (nSPS) is 10.1. The van der Waals surface area contributed by atoms with E-state index in [-0.39, 0.29) is 6.03 Å². The third-order valence-corrected chi connectivity index (χ3v) is 3.78. The molecule has 0 unspecified atom stereocenters. The van der Waals surface area contributed by atoms with Crippen molar-refractivity contribution >= 4 is 23.5 Å². The van der Waals surface area contributed by atoms with Crippen LogP contribution >= 0.6 is 11.8 Å². The number of anilines is 1. The quantitative estimate of drug-likeness (QED) is 0.802. The van der Waals surface area contributed by atoms with Gasteiger partial charge in [0.15, 0.2) is 0 Å². The monoisotopic (exact) mass is 302 g/mol. The van der Waals surface area contributed by atoms with Crippen molar-refractivity contribution in [3.63, 3.8) is 0 Å². The molecule has 0 aliphatic heterocycles. The second-order valence-electron chi connectivity index (χ2n) is 4.28. The van der Waals surface area contributed by atoms with Gasteiger partial charge in [0.1, 0.15) is 0 Å². The first-order chi connectivity index (χ1) is 10.3. The fourth-order valence-electron chi connectivity index (χ4n) is 1.71. The Bertz CT molecular complexity index is 575. The van der Waals surface area contributed by atoms with E-state index in [9.17, 15) is 4.79 Å². The van der Waals surface area contributed by atoms with E-state index in [0.717, 1.165) is 15.5 Å². The van der Waals surface area contributed by atoms with Gasteiger partial charge in [0.25, 0.3) is 0 Å². The Kier molecular flexibility index (Phi) is 6.12. The molecule has 0 aliphatic rings. The Morgan fingerprint density at radius 2 is 1.81 bits per heavy atom. The van der Waals surface area contributed by atoms with E-state index in [1.165, 1.54) is 0 Å². The first-order valence-electron chi connectivity index (χ1n) is 6.65. The third-order valence-electron chi connectivity index (χ3n) is 2.70. The molecule has 2 amide bonds. The average Bonchev–Trinajstić information content (AvgIpc) is 2.51. The molecule has 21 heavy (non-hydrogen) atoms. The molecule has 0 heterocycles. The minimum atomic E-state index is -0.229. The van der Waals surface area contributed by atoms with Crippen molar-refractivity contribution in [3.05, 3.63) is 54.6 Å². The first kappa shape index (κ1) is 15.4. The molecule has 2 rings (SSSR count). The van der Waals surface area contributed by atoms with Gasteiger partial charge in [-0.05, 0) is 24.3 Å². The second kappa shape index (κ2) is 8.34. The van der Waals surface area contributed by atoms with E-state index in [0.29, 0.717) is 13.2 Å². The molecule has 0 atom stereocenters. The largest absolute Gasteiger partial charge is 0.383 e. The standard InChI is InChI=1S/C16H18N2O2S/c1-20-12-11-17-16(19)18-14-9-5-6-10-15(14)21-13-7-3-2-4-8-13/h2-10H,11-12H2,1H3,(H2,17,18,19). The van der Waals surface area contributed by atoms with Crippen molar-refractivity contribution in [2.45, 2.75) is 9.79 Å². The zero-order chi connectivity index (χ0) is 14.9. The summed E-state index contributed by atoms with van der Waals surface area (Å²) in [7, 11) is 1.60. The maximum absolute atomic E-state index is 11.8. The number of amides is 2. The molecule has 0 aliphatic carbocycles. The van der Waals surface area contributed by atoms with Gasteiger partial charge >= 0.3 is 6.03 Å². The van der Waals surface area contributed by atoms with Crippen LogP contribution in [0.15, 0.2) is 64.4 Å². The Balaban J connectivity index is 2.01. The van der Waals surface area contributed by atoms with Gasteiger partial charge in [-0.2, -0.15) is 0 Å². The molecule has 0 saturated heterocycles. The Morgan fingerprint density at radius 3 is 2.57 bits per heavy atom. The average molecular weight is 302 g/mol. The van der Waals surface area contributed by atoms with Crippen LogP contribution in [0.25, 0.3) is 0 Å². The van der Waals surface area contributed by atoms with E-state index >= 15 is 0 Å². The smallest absolute Gasteiger partial charge is 0.319 e. The van der Waals surface area contributed by atoms with E-state index in [1.807, 2.05) is 54.6 Å². The number of hydrogen-bond acceptors (Lipinski definition) is 3. The van der Waals surface area contributed by atoms with E-state index in [2.05, 4.69) is 10.6 Å². The highest BCUT2D eigenvalue weighted by atomic mass is 32.2. The molecule has 2 aromatic rings. The molecular formula is C16H18N2O2S. The van der Waals surface area contributed by atoms with Gasteiger partial charge in [-0.3, -0.25) is 0 Å². The van der Waals surface area contributed by atoms with Crippen molar-refractivity contribution in [2.75, 3.05) is 25.6 Å². The van der Waals surface area contributed by atoms with Gasteiger partial charge < -0.3 is 15.4 Å². The maximum Gasteiger partial charge on any atom is 0.319 e. The molecule has 2 N–H and O–H groups in total. The van der Waals surface area contributed by atoms with E-state index in [4.69, 9.17) is 4.74 Å². The number of nitrogens with one attached hydrogen (secondary N) is 2. The Hall–Kier alpha value is -1.98. The van der Waals surface area contributed by atoms with Crippen molar-refractivity contribution in [1.29, 1.82) is 0 Å². The lowest BCUT2D eigenvalue weighted by Crippen LogP contribution is -2.31. The highest BCUT2D eigenvalue weighted by Crippen LogP contribution is 2.32. The topological polar surface area (TPSA) is 50.4 Å². The third kappa shape index (κ3) is 5.13. The van der Waals surface area contributed by atoms with Crippen LogP contribution in [0.3, 0.4) is 0 Å². The summed E-state index contributed by atoms with van der Waals surface area (Å²) in [5.41, 5.74) is 0.793. The fraction of sp³-hybridized carbons (Fsp3) is 0.188. The maximum atomic E-state index is 11.8. The van der Waals surface area contributed by atoms with Crippen LogP contribution in [0.4, 0.5) is 10.5 Å². The number of rotatable bonds is 6. The molecule has 0 spiro atoms. The van der Waals surface area contributed by atoms with Crippen LogP contribution in [0.5, 0.6) is 0 Å². The summed E-state index contributed by atoms with van der Waals surface area (Å²) in [6, 6.07) is 17.6. The van der Waals surface area contributed by atoms with Gasteiger partial charge in [0.2, 0.25) is 0 Å². The number of carbonyl (C=O) groups is 1. The van der Waals surface area contributed by atoms with Crippen LogP contribution in [0, 0.1) is 0 Å². The van der Waals surface area contributed by atoms with Crippen LogP contribution in [0.1, 0.15) is 0 Å². The minimum absolute atomic E-state index is 0.229. The lowest BCUT2D eigenvalue weighted by molar-refractivity contribution is 0.198. The summed E-state index contributed by atoms with van der Waals surface area (Å²) in [4.78, 5) is 13.9. The molecule has 5 heteroatoms. The number of ether oxygens (including phenoxy) is 1. The predicted molar refractivity (Wildman–Crippen MR) is 85.9 cm³/mol.